The molecular formula is C8H15F3O2. The molecule has 0 saturated heterocycles. The van der Waals surface area contributed by atoms with Gasteiger partial charge in [0.2, 0.25) is 0 Å². The lowest BCUT2D eigenvalue weighted by Gasteiger charge is -2.13. The van der Waals surface area contributed by atoms with Gasteiger partial charge in [-0.2, -0.15) is 13.2 Å². The van der Waals surface area contributed by atoms with Gasteiger partial charge in [-0.25, -0.2) is 0 Å². The monoisotopic (exact) mass is 200 g/mol. The summed E-state index contributed by atoms with van der Waals surface area (Å²) < 4.78 is 40.2. The van der Waals surface area contributed by atoms with Crippen molar-refractivity contribution in [1.82, 2.24) is 0 Å². The van der Waals surface area contributed by atoms with Crippen molar-refractivity contribution >= 4 is 0 Å². The van der Waals surface area contributed by atoms with Gasteiger partial charge in [-0.3, -0.25) is 0 Å². The van der Waals surface area contributed by atoms with Crippen LogP contribution in [-0.2, 0) is 4.74 Å². The third-order valence-electron chi connectivity index (χ3n) is 1.60. The minimum atomic E-state index is -4.48. The van der Waals surface area contributed by atoms with Gasteiger partial charge in [-0.05, 0) is 26.2 Å². The fourth-order valence-electron chi connectivity index (χ4n) is 0.850. The first kappa shape index (κ1) is 12.7. The van der Waals surface area contributed by atoms with Gasteiger partial charge in [0, 0.05) is 13.2 Å². The minimum absolute atomic E-state index is 0.240. The zero-order valence-electron chi connectivity index (χ0n) is 7.60. The molecule has 0 saturated carbocycles. The van der Waals surface area contributed by atoms with Gasteiger partial charge in [0.1, 0.15) is 6.10 Å². The Hall–Kier alpha value is -0.290. The fraction of sp³-hybridized carbons (Fsp3) is 1.00. The van der Waals surface area contributed by atoms with Crippen LogP contribution in [0.15, 0.2) is 0 Å². The SMILES string of the molecule is CCOCCCCC(O)C(F)(F)F. The molecule has 1 atom stereocenters. The summed E-state index contributed by atoms with van der Waals surface area (Å²) in [4.78, 5) is 0. The van der Waals surface area contributed by atoms with Crippen LogP contribution in [-0.4, -0.2) is 30.6 Å². The summed E-state index contributed by atoms with van der Waals surface area (Å²) in [5, 5.41) is 8.58. The Balaban J connectivity index is 3.32. The van der Waals surface area contributed by atoms with Crippen LogP contribution in [0, 0.1) is 0 Å². The largest absolute Gasteiger partial charge is 0.414 e. The van der Waals surface area contributed by atoms with E-state index in [2.05, 4.69) is 0 Å². The first-order chi connectivity index (χ1) is 5.98. The van der Waals surface area contributed by atoms with E-state index in [1.165, 1.54) is 0 Å². The quantitative estimate of drug-likeness (QED) is 0.665. The number of halogens is 3. The van der Waals surface area contributed by atoms with Crippen LogP contribution in [0.25, 0.3) is 0 Å². The van der Waals surface area contributed by atoms with Crippen molar-refractivity contribution in [3.63, 3.8) is 0 Å². The minimum Gasteiger partial charge on any atom is -0.384 e. The van der Waals surface area contributed by atoms with E-state index in [0.717, 1.165) is 0 Å². The van der Waals surface area contributed by atoms with E-state index in [9.17, 15) is 13.2 Å². The zero-order valence-corrected chi connectivity index (χ0v) is 7.60. The van der Waals surface area contributed by atoms with Crippen LogP contribution in [0.5, 0.6) is 0 Å². The predicted molar refractivity (Wildman–Crippen MR) is 42.4 cm³/mol. The third-order valence-corrected chi connectivity index (χ3v) is 1.60. The van der Waals surface area contributed by atoms with Crippen LogP contribution in [0.3, 0.4) is 0 Å². The Bertz CT molecular complexity index is 125. The highest BCUT2D eigenvalue weighted by Crippen LogP contribution is 2.23. The lowest BCUT2D eigenvalue weighted by molar-refractivity contribution is -0.205. The molecule has 1 N–H and O–H groups in total. The van der Waals surface area contributed by atoms with Gasteiger partial charge in [-0.1, -0.05) is 0 Å². The molecule has 0 aromatic carbocycles. The first-order valence-electron chi connectivity index (χ1n) is 4.31. The summed E-state index contributed by atoms with van der Waals surface area (Å²) in [7, 11) is 0. The van der Waals surface area contributed by atoms with Crippen LogP contribution < -0.4 is 0 Å². The summed E-state index contributed by atoms with van der Waals surface area (Å²) in [6.07, 6.45) is -6.02. The standard InChI is InChI=1S/C8H15F3O2/c1-2-13-6-4-3-5-7(12)8(9,10)11/h7,12H,2-6H2,1H3. The topological polar surface area (TPSA) is 29.5 Å². The van der Waals surface area contributed by atoms with Crippen molar-refractivity contribution < 1.29 is 23.0 Å². The molecular weight excluding hydrogens is 185 g/mol. The van der Waals surface area contributed by atoms with Crippen molar-refractivity contribution in [2.45, 2.75) is 38.5 Å². The molecule has 0 rings (SSSR count). The van der Waals surface area contributed by atoms with E-state index < -0.39 is 12.3 Å². The Morgan fingerprint density at radius 1 is 1.31 bits per heavy atom. The molecule has 5 heteroatoms. The lowest BCUT2D eigenvalue weighted by Crippen LogP contribution is -2.28. The molecule has 80 valence electrons. The Kier molecular flexibility index (Phi) is 6.07. The van der Waals surface area contributed by atoms with Crippen molar-refractivity contribution in [2.24, 2.45) is 0 Å². The summed E-state index contributed by atoms with van der Waals surface area (Å²) >= 11 is 0. The summed E-state index contributed by atoms with van der Waals surface area (Å²) in [6.45, 7) is 2.85. The highest BCUT2D eigenvalue weighted by atomic mass is 19.4. The van der Waals surface area contributed by atoms with Gasteiger partial charge >= 0.3 is 6.18 Å². The van der Waals surface area contributed by atoms with Crippen molar-refractivity contribution in [1.29, 1.82) is 0 Å². The molecule has 0 radical (unpaired) electrons. The summed E-state index contributed by atoms with van der Waals surface area (Å²) in [5.74, 6) is 0. The van der Waals surface area contributed by atoms with Crippen molar-refractivity contribution in [2.75, 3.05) is 13.2 Å². The summed E-state index contributed by atoms with van der Waals surface area (Å²) in [5.41, 5.74) is 0. The number of alkyl halides is 3. The van der Waals surface area contributed by atoms with E-state index in [1.807, 2.05) is 6.92 Å². The molecule has 0 heterocycles. The number of unbranched alkanes of at least 4 members (excludes halogenated alkanes) is 1. The maximum absolute atomic E-state index is 11.7. The Morgan fingerprint density at radius 2 is 1.92 bits per heavy atom. The second-order valence-electron chi connectivity index (χ2n) is 2.75. The van der Waals surface area contributed by atoms with E-state index in [1.54, 1.807) is 0 Å². The molecule has 0 fully saturated rings. The van der Waals surface area contributed by atoms with Gasteiger partial charge in [0.15, 0.2) is 0 Å². The molecule has 0 aliphatic carbocycles. The number of ether oxygens (including phenoxy) is 1. The molecule has 1 unspecified atom stereocenters. The molecule has 0 aromatic rings. The highest BCUT2D eigenvalue weighted by Gasteiger charge is 2.37. The molecule has 0 aromatic heterocycles. The number of aliphatic hydroxyl groups excluding tert-OH is 1. The fourth-order valence-corrected chi connectivity index (χ4v) is 0.850. The summed E-state index contributed by atoms with van der Waals surface area (Å²) in [6, 6.07) is 0. The maximum Gasteiger partial charge on any atom is 0.414 e. The van der Waals surface area contributed by atoms with E-state index in [-0.39, 0.29) is 6.42 Å². The molecule has 0 bridgehead atoms. The average Bonchev–Trinajstić information content (AvgIpc) is 2.02. The number of hydrogen-bond acceptors (Lipinski definition) is 2. The molecule has 2 nitrogen and oxygen atoms in total. The second-order valence-corrected chi connectivity index (χ2v) is 2.75. The number of aliphatic hydroxyl groups is 1. The number of rotatable bonds is 6. The first-order valence-corrected chi connectivity index (χ1v) is 4.31. The highest BCUT2D eigenvalue weighted by molar-refractivity contribution is 4.64. The maximum atomic E-state index is 11.7. The number of hydrogen-bond donors (Lipinski definition) is 1. The van der Waals surface area contributed by atoms with E-state index in [0.29, 0.717) is 26.1 Å². The normalized spacial score (nSPS) is 14.5. The van der Waals surface area contributed by atoms with E-state index >= 15 is 0 Å². The lowest BCUT2D eigenvalue weighted by atomic mass is 10.1. The molecule has 0 amide bonds. The molecule has 0 spiro atoms. The second kappa shape index (κ2) is 6.21. The Morgan fingerprint density at radius 3 is 2.38 bits per heavy atom. The van der Waals surface area contributed by atoms with Gasteiger partial charge in [0.05, 0.1) is 0 Å². The van der Waals surface area contributed by atoms with E-state index in [4.69, 9.17) is 9.84 Å². The smallest absolute Gasteiger partial charge is 0.384 e. The Labute approximate surface area is 75.7 Å². The molecule has 13 heavy (non-hydrogen) atoms. The predicted octanol–water partition coefficient (Wildman–Crippen LogP) is 2.12. The third kappa shape index (κ3) is 6.83. The van der Waals surface area contributed by atoms with Crippen molar-refractivity contribution in [3.8, 4) is 0 Å². The molecule has 0 aliphatic heterocycles. The van der Waals surface area contributed by atoms with Crippen LogP contribution >= 0.6 is 0 Å². The van der Waals surface area contributed by atoms with Gasteiger partial charge in [0.25, 0.3) is 0 Å². The molecule has 0 aliphatic rings. The van der Waals surface area contributed by atoms with Crippen LogP contribution in [0.4, 0.5) is 13.2 Å². The van der Waals surface area contributed by atoms with Crippen LogP contribution in [0.1, 0.15) is 26.2 Å². The zero-order chi connectivity index (χ0) is 10.3. The van der Waals surface area contributed by atoms with Crippen molar-refractivity contribution in [3.05, 3.63) is 0 Å². The van der Waals surface area contributed by atoms with Gasteiger partial charge in [-0.15, -0.1) is 0 Å². The average molecular weight is 200 g/mol. The van der Waals surface area contributed by atoms with Crippen LogP contribution in [0.2, 0.25) is 0 Å². The van der Waals surface area contributed by atoms with Gasteiger partial charge < -0.3 is 9.84 Å².